The predicted octanol–water partition coefficient (Wildman–Crippen LogP) is 0.916. The van der Waals surface area contributed by atoms with Crippen molar-refractivity contribution in [3.8, 4) is 0 Å². The molecule has 1 aliphatic rings. The fourth-order valence-electron chi connectivity index (χ4n) is 2.54. The number of carbonyl (C=O) groups excluding carboxylic acids is 1. The van der Waals surface area contributed by atoms with Crippen molar-refractivity contribution >= 4 is 17.6 Å². The number of amides is 1. The summed E-state index contributed by atoms with van der Waals surface area (Å²) in [5, 5.41) is 22.4. The first-order valence-corrected chi connectivity index (χ1v) is 6.24. The highest BCUT2D eigenvalue weighted by Gasteiger charge is 2.34. The van der Waals surface area contributed by atoms with Crippen LogP contribution in [0.5, 0.6) is 0 Å². The summed E-state index contributed by atoms with van der Waals surface area (Å²) in [6.07, 6.45) is 3.14. The normalized spacial score (nSPS) is 21.6. The van der Waals surface area contributed by atoms with Crippen LogP contribution in [0.2, 0.25) is 0 Å². The molecule has 20 heavy (non-hydrogen) atoms. The molecule has 1 aromatic rings. The number of aryl methyl sites for hydroxylation is 1. The fourth-order valence-corrected chi connectivity index (χ4v) is 2.54. The molecule has 0 aliphatic heterocycles. The van der Waals surface area contributed by atoms with Crippen molar-refractivity contribution in [1.29, 1.82) is 0 Å². The van der Waals surface area contributed by atoms with E-state index in [1.54, 1.807) is 0 Å². The van der Waals surface area contributed by atoms with E-state index in [0.29, 0.717) is 12.8 Å². The smallest absolute Gasteiger partial charge is 0.308 e. The highest BCUT2D eigenvalue weighted by molar-refractivity contribution is 5.94. The van der Waals surface area contributed by atoms with Crippen molar-refractivity contribution in [2.24, 2.45) is 13.0 Å². The average molecular weight is 281 g/mol. The fraction of sp³-hybridized carbons (Fsp3) is 0.500. The summed E-state index contributed by atoms with van der Waals surface area (Å²) >= 11 is 0. The molecule has 2 rings (SSSR count). The van der Waals surface area contributed by atoms with Crippen LogP contribution in [-0.2, 0) is 11.8 Å². The molecule has 2 unspecified atom stereocenters. The van der Waals surface area contributed by atoms with Crippen LogP contribution in [0.3, 0.4) is 0 Å². The van der Waals surface area contributed by atoms with E-state index in [2.05, 4.69) is 5.32 Å². The molecule has 1 aromatic heterocycles. The van der Waals surface area contributed by atoms with Crippen LogP contribution in [0.4, 0.5) is 5.69 Å². The lowest BCUT2D eigenvalue weighted by Gasteiger charge is -2.17. The highest BCUT2D eigenvalue weighted by Crippen LogP contribution is 2.26. The zero-order valence-electron chi connectivity index (χ0n) is 10.9. The largest absolute Gasteiger partial charge is 0.481 e. The first-order chi connectivity index (χ1) is 9.40. The minimum absolute atomic E-state index is 0.146. The van der Waals surface area contributed by atoms with Gasteiger partial charge in [0.05, 0.1) is 17.0 Å². The first kappa shape index (κ1) is 14.0. The quantitative estimate of drug-likeness (QED) is 0.629. The summed E-state index contributed by atoms with van der Waals surface area (Å²) in [6.45, 7) is 0. The van der Waals surface area contributed by atoms with E-state index in [-0.39, 0.29) is 11.4 Å². The SMILES string of the molecule is Cn1cc([N+](=O)[O-])cc1C(=O)NC1CCCC1C(=O)O. The predicted molar refractivity (Wildman–Crippen MR) is 68.3 cm³/mol. The molecule has 0 spiro atoms. The molecule has 0 saturated heterocycles. The van der Waals surface area contributed by atoms with Crippen molar-refractivity contribution < 1.29 is 19.6 Å². The number of hydrogen-bond acceptors (Lipinski definition) is 4. The molecule has 1 fully saturated rings. The maximum atomic E-state index is 12.1. The van der Waals surface area contributed by atoms with Gasteiger partial charge in [0.25, 0.3) is 11.6 Å². The Hall–Kier alpha value is -2.38. The molecule has 2 N–H and O–H groups in total. The van der Waals surface area contributed by atoms with Crippen LogP contribution in [0, 0.1) is 16.0 Å². The molecule has 1 heterocycles. The number of rotatable bonds is 4. The summed E-state index contributed by atoms with van der Waals surface area (Å²) in [5.74, 6) is -2.00. The Balaban J connectivity index is 2.12. The van der Waals surface area contributed by atoms with Gasteiger partial charge in [0.2, 0.25) is 0 Å². The Kier molecular flexibility index (Phi) is 3.73. The molecular formula is C12H15N3O5. The van der Waals surface area contributed by atoms with Crippen LogP contribution in [0.25, 0.3) is 0 Å². The third kappa shape index (κ3) is 2.63. The van der Waals surface area contributed by atoms with Gasteiger partial charge in [0.1, 0.15) is 5.69 Å². The number of nitrogens with zero attached hydrogens (tertiary/aromatic N) is 2. The number of carbonyl (C=O) groups is 2. The van der Waals surface area contributed by atoms with Crippen molar-refractivity contribution in [2.45, 2.75) is 25.3 Å². The maximum Gasteiger partial charge on any atom is 0.308 e. The zero-order chi connectivity index (χ0) is 14.9. The van der Waals surface area contributed by atoms with Crippen molar-refractivity contribution in [2.75, 3.05) is 0 Å². The van der Waals surface area contributed by atoms with Gasteiger partial charge in [-0.3, -0.25) is 19.7 Å². The molecule has 0 radical (unpaired) electrons. The van der Waals surface area contributed by atoms with E-state index in [1.807, 2.05) is 0 Å². The standard InChI is InChI=1S/C12H15N3O5/c1-14-6-7(15(19)20)5-10(14)11(16)13-9-4-2-3-8(9)12(17)18/h5-6,8-9H,2-4H2,1H3,(H,13,16)(H,17,18). The molecular weight excluding hydrogens is 266 g/mol. The molecule has 8 nitrogen and oxygen atoms in total. The highest BCUT2D eigenvalue weighted by atomic mass is 16.6. The number of carboxylic acid groups (broad SMARTS) is 1. The Labute approximate surface area is 114 Å². The summed E-state index contributed by atoms with van der Waals surface area (Å²) in [6, 6.07) is 0.758. The van der Waals surface area contributed by atoms with Gasteiger partial charge < -0.3 is 15.0 Å². The molecule has 1 amide bonds. The van der Waals surface area contributed by atoms with Gasteiger partial charge in [-0.2, -0.15) is 0 Å². The number of aliphatic carboxylic acids is 1. The summed E-state index contributed by atoms with van der Waals surface area (Å²) < 4.78 is 1.36. The minimum atomic E-state index is -0.925. The molecule has 1 aliphatic carbocycles. The van der Waals surface area contributed by atoms with Crippen LogP contribution >= 0.6 is 0 Å². The summed E-state index contributed by atoms with van der Waals surface area (Å²) in [7, 11) is 1.53. The van der Waals surface area contributed by atoms with E-state index in [1.165, 1.54) is 23.9 Å². The van der Waals surface area contributed by atoms with Crippen molar-refractivity contribution in [3.05, 3.63) is 28.1 Å². The van der Waals surface area contributed by atoms with E-state index in [4.69, 9.17) is 5.11 Å². The van der Waals surface area contributed by atoms with Gasteiger partial charge in [-0.1, -0.05) is 6.42 Å². The van der Waals surface area contributed by atoms with Crippen LogP contribution in [-0.4, -0.2) is 32.5 Å². The lowest BCUT2D eigenvalue weighted by molar-refractivity contribution is -0.384. The monoisotopic (exact) mass is 281 g/mol. The van der Waals surface area contributed by atoms with Gasteiger partial charge in [-0.05, 0) is 12.8 Å². The molecule has 2 atom stereocenters. The second kappa shape index (κ2) is 5.32. The zero-order valence-corrected chi connectivity index (χ0v) is 10.9. The Bertz CT molecular complexity index is 565. The lowest BCUT2D eigenvalue weighted by atomic mass is 10.0. The van der Waals surface area contributed by atoms with E-state index in [9.17, 15) is 19.7 Å². The first-order valence-electron chi connectivity index (χ1n) is 6.24. The molecule has 1 saturated carbocycles. The van der Waals surface area contributed by atoms with Crippen molar-refractivity contribution in [1.82, 2.24) is 9.88 Å². The minimum Gasteiger partial charge on any atom is -0.481 e. The Morgan fingerprint density at radius 1 is 1.50 bits per heavy atom. The third-order valence-corrected chi connectivity index (χ3v) is 3.58. The maximum absolute atomic E-state index is 12.1. The van der Waals surface area contributed by atoms with E-state index >= 15 is 0 Å². The average Bonchev–Trinajstić information content (AvgIpc) is 2.95. The molecule has 8 heteroatoms. The van der Waals surface area contributed by atoms with Gasteiger partial charge in [0, 0.05) is 19.2 Å². The number of carboxylic acids is 1. The topological polar surface area (TPSA) is 114 Å². The number of hydrogen-bond donors (Lipinski definition) is 2. The van der Waals surface area contributed by atoms with E-state index in [0.717, 1.165) is 6.42 Å². The molecule has 108 valence electrons. The van der Waals surface area contributed by atoms with Gasteiger partial charge in [-0.25, -0.2) is 0 Å². The van der Waals surface area contributed by atoms with E-state index < -0.39 is 28.8 Å². The molecule has 0 bridgehead atoms. The molecule has 0 aromatic carbocycles. The number of nitrogens with one attached hydrogen (secondary N) is 1. The third-order valence-electron chi connectivity index (χ3n) is 3.58. The Morgan fingerprint density at radius 2 is 2.20 bits per heavy atom. The van der Waals surface area contributed by atoms with Gasteiger partial charge >= 0.3 is 5.97 Å². The summed E-state index contributed by atoms with van der Waals surface area (Å²) in [4.78, 5) is 33.2. The second-order valence-electron chi connectivity index (χ2n) is 4.91. The van der Waals surface area contributed by atoms with Crippen LogP contribution in [0.1, 0.15) is 29.8 Å². The van der Waals surface area contributed by atoms with Crippen LogP contribution in [0.15, 0.2) is 12.3 Å². The number of aromatic nitrogens is 1. The Morgan fingerprint density at radius 3 is 2.75 bits per heavy atom. The number of nitro groups is 1. The second-order valence-corrected chi connectivity index (χ2v) is 4.91. The lowest BCUT2D eigenvalue weighted by Crippen LogP contribution is -2.40. The van der Waals surface area contributed by atoms with Crippen LogP contribution < -0.4 is 5.32 Å². The van der Waals surface area contributed by atoms with Gasteiger partial charge in [0.15, 0.2) is 0 Å². The summed E-state index contributed by atoms with van der Waals surface area (Å²) in [5.41, 5.74) is -0.0217. The van der Waals surface area contributed by atoms with Crippen molar-refractivity contribution in [3.63, 3.8) is 0 Å². The van der Waals surface area contributed by atoms with Gasteiger partial charge in [-0.15, -0.1) is 0 Å².